The van der Waals surface area contributed by atoms with Crippen molar-refractivity contribution < 1.29 is 19.3 Å². The van der Waals surface area contributed by atoms with Gasteiger partial charge in [-0.15, -0.1) is 0 Å². The van der Waals surface area contributed by atoms with Gasteiger partial charge in [0.2, 0.25) is 5.91 Å². The molecule has 0 bridgehead atoms. The lowest BCUT2D eigenvalue weighted by Crippen LogP contribution is -2.49. The summed E-state index contributed by atoms with van der Waals surface area (Å²) in [5.41, 5.74) is 6.21. The second-order valence-electron chi connectivity index (χ2n) is 7.74. The number of hydrogen-bond donors (Lipinski definition) is 2. The molecule has 0 unspecified atom stereocenters. The summed E-state index contributed by atoms with van der Waals surface area (Å²) in [6, 6.07) is 15.5. The molecule has 0 saturated carbocycles. The SMILES string of the molecule is CC(C)(O)C(C)(C)OBc1ccc(OCc2ccccc2)c(/C=C/C(N)=O)c1. The molecule has 0 saturated heterocycles. The van der Waals surface area contributed by atoms with Gasteiger partial charge in [-0.25, -0.2) is 0 Å². The molecule has 0 radical (unpaired) electrons. The number of amides is 1. The third kappa shape index (κ3) is 6.25. The summed E-state index contributed by atoms with van der Waals surface area (Å²) in [6.45, 7) is 7.54. The molecule has 6 heteroatoms. The fourth-order valence-corrected chi connectivity index (χ4v) is 2.30. The van der Waals surface area contributed by atoms with Crippen molar-refractivity contribution in [2.24, 2.45) is 5.73 Å². The predicted molar refractivity (Wildman–Crippen MR) is 114 cm³/mol. The lowest BCUT2D eigenvalue weighted by atomic mass is 9.82. The van der Waals surface area contributed by atoms with E-state index in [-0.39, 0.29) is 0 Å². The summed E-state index contributed by atoms with van der Waals surface area (Å²) in [5.74, 6) is 0.116. The van der Waals surface area contributed by atoms with Gasteiger partial charge in [-0.1, -0.05) is 47.9 Å². The highest BCUT2D eigenvalue weighted by Crippen LogP contribution is 2.25. The Morgan fingerprint density at radius 3 is 2.43 bits per heavy atom. The first-order valence-corrected chi connectivity index (χ1v) is 9.22. The Labute approximate surface area is 167 Å². The van der Waals surface area contributed by atoms with Crippen LogP contribution in [0.5, 0.6) is 5.75 Å². The number of benzene rings is 2. The van der Waals surface area contributed by atoms with Crippen molar-refractivity contribution in [1.82, 2.24) is 0 Å². The third-order valence-electron chi connectivity index (χ3n) is 4.81. The molecule has 2 aromatic carbocycles. The van der Waals surface area contributed by atoms with Crippen molar-refractivity contribution in [2.45, 2.75) is 45.5 Å². The smallest absolute Gasteiger partial charge is 0.309 e. The summed E-state index contributed by atoms with van der Waals surface area (Å²) in [7, 11) is 0.313. The van der Waals surface area contributed by atoms with Crippen LogP contribution in [-0.4, -0.2) is 29.7 Å². The molecule has 0 fully saturated rings. The lowest BCUT2D eigenvalue weighted by molar-refractivity contribution is -0.113. The first-order chi connectivity index (χ1) is 13.1. The molecule has 5 nitrogen and oxygen atoms in total. The Balaban J connectivity index is 2.18. The van der Waals surface area contributed by atoms with E-state index in [1.807, 2.05) is 62.4 Å². The highest BCUT2D eigenvalue weighted by atomic mass is 16.5. The van der Waals surface area contributed by atoms with E-state index in [9.17, 15) is 9.90 Å². The van der Waals surface area contributed by atoms with Crippen LogP contribution in [-0.2, 0) is 16.1 Å². The number of ether oxygens (including phenoxy) is 1. The number of hydrogen-bond acceptors (Lipinski definition) is 4. The summed E-state index contributed by atoms with van der Waals surface area (Å²) in [4.78, 5) is 11.2. The van der Waals surface area contributed by atoms with Gasteiger partial charge in [0.15, 0.2) is 0 Å². The summed E-state index contributed by atoms with van der Waals surface area (Å²) in [6.07, 6.45) is 2.93. The Morgan fingerprint density at radius 2 is 1.82 bits per heavy atom. The minimum absolute atomic E-state index is 0.313. The fraction of sp³-hybridized carbons (Fsp3) is 0.318. The van der Waals surface area contributed by atoms with Crippen LogP contribution in [0.4, 0.5) is 0 Å². The second kappa shape index (κ2) is 9.08. The summed E-state index contributed by atoms with van der Waals surface area (Å²) < 4.78 is 11.8. The Hall–Kier alpha value is -2.57. The van der Waals surface area contributed by atoms with E-state index in [0.717, 1.165) is 16.6 Å². The van der Waals surface area contributed by atoms with Crippen LogP contribution < -0.4 is 15.9 Å². The van der Waals surface area contributed by atoms with Crippen molar-refractivity contribution in [3.63, 3.8) is 0 Å². The maximum Gasteiger partial charge on any atom is 0.309 e. The molecule has 3 N–H and O–H groups in total. The van der Waals surface area contributed by atoms with Gasteiger partial charge < -0.3 is 20.2 Å². The average Bonchev–Trinajstić information content (AvgIpc) is 2.63. The van der Waals surface area contributed by atoms with Crippen molar-refractivity contribution in [2.75, 3.05) is 0 Å². The van der Waals surface area contributed by atoms with Crippen LogP contribution in [0, 0.1) is 0 Å². The van der Waals surface area contributed by atoms with Gasteiger partial charge in [-0.3, -0.25) is 4.79 Å². The van der Waals surface area contributed by atoms with Gasteiger partial charge in [0.05, 0.1) is 11.2 Å². The molecule has 0 atom stereocenters. The zero-order chi connectivity index (χ0) is 20.8. The molecule has 0 aliphatic carbocycles. The first-order valence-electron chi connectivity index (χ1n) is 9.22. The van der Waals surface area contributed by atoms with Gasteiger partial charge in [0.25, 0.3) is 0 Å². The molecule has 28 heavy (non-hydrogen) atoms. The fourth-order valence-electron chi connectivity index (χ4n) is 2.30. The van der Waals surface area contributed by atoms with Crippen LogP contribution in [0.15, 0.2) is 54.6 Å². The first kappa shape index (κ1) is 21.7. The van der Waals surface area contributed by atoms with E-state index >= 15 is 0 Å². The normalized spacial score (nSPS) is 12.2. The van der Waals surface area contributed by atoms with Gasteiger partial charge in [-0.05, 0) is 45.4 Å². The summed E-state index contributed by atoms with van der Waals surface area (Å²) >= 11 is 0. The number of carbonyl (C=O) groups excluding carboxylic acids is 1. The van der Waals surface area contributed by atoms with Gasteiger partial charge in [-0.2, -0.15) is 0 Å². The molecule has 0 heterocycles. The van der Waals surface area contributed by atoms with Gasteiger partial charge in [0.1, 0.15) is 12.4 Å². The molecule has 1 amide bonds. The molecule has 2 rings (SSSR count). The standard InChI is InChI=1S/C22H28BNO4/c1-21(2,26)22(3,4)28-23-18-11-12-19(17(14-18)10-13-20(24)25)27-15-16-8-6-5-7-9-16/h5-14,23,26H,15H2,1-4H3,(H2,24,25)/b13-10+. The zero-order valence-corrected chi connectivity index (χ0v) is 16.9. The molecule has 0 spiro atoms. The molecule has 148 valence electrons. The van der Waals surface area contributed by atoms with E-state index in [1.165, 1.54) is 6.08 Å². The minimum atomic E-state index is -0.986. The van der Waals surface area contributed by atoms with E-state index in [1.54, 1.807) is 19.9 Å². The quantitative estimate of drug-likeness (QED) is 0.516. The Morgan fingerprint density at radius 1 is 1.14 bits per heavy atom. The molecule has 2 aromatic rings. The number of aliphatic hydroxyl groups is 1. The molecule has 0 aromatic heterocycles. The monoisotopic (exact) mass is 381 g/mol. The van der Waals surface area contributed by atoms with Crippen molar-refractivity contribution in [1.29, 1.82) is 0 Å². The minimum Gasteiger partial charge on any atom is -0.488 e. The van der Waals surface area contributed by atoms with E-state index in [2.05, 4.69) is 0 Å². The number of carbonyl (C=O) groups is 1. The van der Waals surface area contributed by atoms with Crippen molar-refractivity contribution in [3.8, 4) is 5.75 Å². The van der Waals surface area contributed by atoms with Crippen LogP contribution in [0.2, 0.25) is 0 Å². The largest absolute Gasteiger partial charge is 0.488 e. The molecular formula is C22H28BNO4. The number of nitrogens with two attached hydrogens (primary N) is 1. The van der Waals surface area contributed by atoms with E-state index in [4.69, 9.17) is 15.1 Å². The Kier molecular flexibility index (Phi) is 7.05. The highest BCUT2D eigenvalue weighted by Gasteiger charge is 2.35. The third-order valence-corrected chi connectivity index (χ3v) is 4.81. The van der Waals surface area contributed by atoms with Crippen LogP contribution in [0.3, 0.4) is 0 Å². The number of rotatable bonds is 9. The molecular weight excluding hydrogens is 353 g/mol. The lowest BCUT2D eigenvalue weighted by Gasteiger charge is -2.37. The Bertz CT molecular complexity index is 826. The highest BCUT2D eigenvalue weighted by molar-refractivity contribution is 6.47. The second-order valence-corrected chi connectivity index (χ2v) is 7.74. The van der Waals surface area contributed by atoms with Crippen molar-refractivity contribution >= 4 is 24.9 Å². The van der Waals surface area contributed by atoms with Gasteiger partial charge >= 0.3 is 7.48 Å². The topological polar surface area (TPSA) is 81.8 Å². The predicted octanol–water partition coefficient (Wildman–Crippen LogP) is 2.31. The van der Waals surface area contributed by atoms with E-state index in [0.29, 0.717) is 19.8 Å². The van der Waals surface area contributed by atoms with Crippen LogP contribution >= 0.6 is 0 Å². The van der Waals surface area contributed by atoms with E-state index < -0.39 is 17.1 Å². The maximum atomic E-state index is 11.2. The van der Waals surface area contributed by atoms with Crippen LogP contribution in [0.1, 0.15) is 38.8 Å². The summed E-state index contributed by atoms with van der Waals surface area (Å²) in [5, 5.41) is 10.2. The number of primary amides is 1. The van der Waals surface area contributed by atoms with Crippen molar-refractivity contribution in [3.05, 3.63) is 65.7 Å². The average molecular weight is 381 g/mol. The maximum absolute atomic E-state index is 11.2. The zero-order valence-electron chi connectivity index (χ0n) is 16.9. The van der Waals surface area contributed by atoms with Gasteiger partial charge in [0, 0.05) is 11.6 Å². The van der Waals surface area contributed by atoms with Crippen LogP contribution in [0.25, 0.3) is 6.08 Å². The molecule has 0 aliphatic heterocycles. The molecule has 0 aliphatic rings.